The Labute approximate surface area is 183 Å². The summed E-state index contributed by atoms with van der Waals surface area (Å²) in [5.41, 5.74) is -1.31. The number of nitrogens with zero attached hydrogens (tertiary/aromatic N) is 1. The largest absolute Gasteiger partial charge is 0.487 e. The van der Waals surface area contributed by atoms with Crippen molar-refractivity contribution in [1.82, 2.24) is 4.90 Å². The van der Waals surface area contributed by atoms with E-state index in [2.05, 4.69) is 58.6 Å². The summed E-state index contributed by atoms with van der Waals surface area (Å²) >= 11 is 8.43. The van der Waals surface area contributed by atoms with Crippen LogP contribution in [0.1, 0.15) is 34.1 Å². The molecule has 1 atom stereocenters. The minimum Gasteiger partial charge on any atom is -0.420 e. The first kappa shape index (κ1) is 22.1. The quantitative estimate of drug-likeness (QED) is 0.509. The monoisotopic (exact) mass is 488 g/mol. The SMILES string of the molecule is CC(C)N1CC(C)(C)C2CC(C(=O)Nc3ccc(OC(F)(F)Cl)cc3)=CC(Br)=C21. The standard InChI is InChI=1S/C21H24BrClF2N2O2/c1-12(2)27-11-20(3,4)16-9-13(10-17(22)18(16)27)19(28)26-14-5-7-15(8-6-14)29-21(23,24)25/h5-8,10,12,16H,9,11H2,1-4H3,(H,26,28). The number of likely N-dealkylation sites (tertiary alicyclic amines) is 1. The predicted octanol–water partition coefficient (Wildman–Crippen LogP) is 6.10. The molecule has 1 N–H and O–H groups in total. The fraction of sp³-hybridized carbons (Fsp3) is 0.476. The van der Waals surface area contributed by atoms with Crippen LogP contribution in [-0.4, -0.2) is 29.0 Å². The van der Waals surface area contributed by atoms with Crippen molar-refractivity contribution in [2.75, 3.05) is 11.9 Å². The summed E-state index contributed by atoms with van der Waals surface area (Å²) in [4.78, 5) is 15.2. The highest BCUT2D eigenvalue weighted by Crippen LogP contribution is 2.51. The highest BCUT2D eigenvalue weighted by atomic mass is 79.9. The molecule has 8 heteroatoms. The van der Waals surface area contributed by atoms with E-state index < -0.39 is 5.57 Å². The van der Waals surface area contributed by atoms with Crippen LogP contribution in [0.15, 0.2) is 46.1 Å². The van der Waals surface area contributed by atoms with E-state index in [1.54, 1.807) is 0 Å². The van der Waals surface area contributed by atoms with Crippen LogP contribution >= 0.6 is 27.5 Å². The van der Waals surface area contributed by atoms with E-state index >= 15 is 0 Å². The number of nitrogens with one attached hydrogen (secondary N) is 1. The second-order valence-electron chi connectivity index (χ2n) is 8.40. The predicted molar refractivity (Wildman–Crippen MR) is 114 cm³/mol. The summed E-state index contributed by atoms with van der Waals surface area (Å²) in [6.45, 7) is 9.74. The Balaban J connectivity index is 1.76. The third kappa shape index (κ3) is 4.94. The van der Waals surface area contributed by atoms with E-state index in [1.165, 1.54) is 30.0 Å². The summed E-state index contributed by atoms with van der Waals surface area (Å²) in [5, 5.41) is 2.82. The van der Waals surface area contributed by atoms with Gasteiger partial charge in [0.1, 0.15) is 5.75 Å². The molecule has 1 fully saturated rings. The molecule has 1 saturated heterocycles. The molecule has 0 spiro atoms. The van der Waals surface area contributed by atoms with Crippen molar-refractivity contribution in [3.8, 4) is 5.75 Å². The molecule has 1 heterocycles. The molecule has 0 radical (unpaired) electrons. The zero-order chi connectivity index (χ0) is 21.6. The molecule has 0 bridgehead atoms. The van der Waals surface area contributed by atoms with Crippen molar-refractivity contribution >= 4 is 39.1 Å². The third-order valence-corrected chi connectivity index (χ3v) is 6.10. The zero-order valence-electron chi connectivity index (χ0n) is 16.7. The topological polar surface area (TPSA) is 41.6 Å². The number of allylic oxidation sites excluding steroid dienone is 3. The lowest BCUT2D eigenvalue weighted by Crippen LogP contribution is -2.29. The molecular weight excluding hydrogens is 466 g/mol. The van der Waals surface area contributed by atoms with Crippen LogP contribution in [0.3, 0.4) is 0 Å². The van der Waals surface area contributed by atoms with Gasteiger partial charge in [0.2, 0.25) is 0 Å². The molecule has 4 nitrogen and oxygen atoms in total. The van der Waals surface area contributed by atoms with Gasteiger partial charge in [-0.25, -0.2) is 0 Å². The minimum atomic E-state index is -3.77. The number of fused-ring (bicyclic) bond motifs is 1. The van der Waals surface area contributed by atoms with Crippen LogP contribution in [-0.2, 0) is 4.79 Å². The molecule has 3 rings (SSSR count). The summed E-state index contributed by atoms with van der Waals surface area (Å²) in [5.74, 6) is -0.0559. The number of rotatable bonds is 5. The number of carbonyl (C=O) groups excluding carboxylic acids is 1. The summed E-state index contributed by atoms with van der Waals surface area (Å²) in [6.07, 6.45) is 2.52. The van der Waals surface area contributed by atoms with E-state index in [0.29, 0.717) is 23.7 Å². The molecule has 0 saturated carbocycles. The van der Waals surface area contributed by atoms with Gasteiger partial charge in [-0.1, -0.05) is 13.8 Å². The van der Waals surface area contributed by atoms with Gasteiger partial charge >= 0.3 is 5.57 Å². The molecule has 1 amide bonds. The first-order chi connectivity index (χ1) is 13.4. The Morgan fingerprint density at radius 1 is 1.34 bits per heavy atom. The Bertz CT molecular complexity index is 860. The Hall–Kier alpha value is -1.60. The van der Waals surface area contributed by atoms with Gasteiger partial charge in [0.25, 0.3) is 5.91 Å². The lowest BCUT2D eigenvalue weighted by Gasteiger charge is -2.31. The van der Waals surface area contributed by atoms with Gasteiger partial charge in [0.15, 0.2) is 0 Å². The van der Waals surface area contributed by atoms with Gasteiger partial charge in [-0.2, -0.15) is 0 Å². The molecular formula is C21H24BrClF2N2O2. The van der Waals surface area contributed by atoms with Crippen molar-refractivity contribution in [1.29, 1.82) is 0 Å². The van der Waals surface area contributed by atoms with E-state index in [-0.39, 0.29) is 23.0 Å². The first-order valence-electron chi connectivity index (χ1n) is 9.41. The number of alkyl halides is 3. The lowest BCUT2D eigenvalue weighted by atomic mass is 9.75. The van der Waals surface area contributed by atoms with E-state index in [1.807, 2.05) is 6.08 Å². The van der Waals surface area contributed by atoms with Crippen LogP contribution in [0.25, 0.3) is 0 Å². The second kappa shape index (κ2) is 7.91. The zero-order valence-corrected chi connectivity index (χ0v) is 19.1. The van der Waals surface area contributed by atoms with Crippen LogP contribution in [0.5, 0.6) is 5.75 Å². The maximum atomic E-state index is 12.8. The molecule has 2 aliphatic rings. The summed E-state index contributed by atoms with van der Waals surface area (Å²) in [6, 6.07) is 6.03. The molecule has 158 valence electrons. The number of carbonyl (C=O) groups is 1. The molecule has 1 aliphatic heterocycles. The highest BCUT2D eigenvalue weighted by Gasteiger charge is 2.46. The van der Waals surface area contributed by atoms with Gasteiger partial charge in [-0.15, -0.1) is 8.78 Å². The fourth-order valence-electron chi connectivity index (χ4n) is 3.96. The van der Waals surface area contributed by atoms with Gasteiger partial charge in [-0.05, 0) is 72.0 Å². The van der Waals surface area contributed by atoms with E-state index in [4.69, 9.17) is 11.6 Å². The molecule has 1 aliphatic carbocycles. The molecule has 1 unspecified atom stereocenters. The number of ether oxygens (including phenoxy) is 1. The number of hydrogen-bond donors (Lipinski definition) is 1. The highest BCUT2D eigenvalue weighted by molar-refractivity contribution is 9.11. The van der Waals surface area contributed by atoms with Crippen LogP contribution < -0.4 is 10.1 Å². The van der Waals surface area contributed by atoms with Crippen LogP contribution in [0.2, 0.25) is 0 Å². The van der Waals surface area contributed by atoms with Gasteiger partial charge < -0.3 is 15.0 Å². The van der Waals surface area contributed by atoms with E-state index in [9.17, 15) is 13.6 Å². The number of hydrogen-bond acceptors (Lipinski definition) is 3. The number of halogens is 4. The smallest absolute Gasteiger partial charge is 0.420 e. The van der Waals surface area contributed by atoms with E-state index in [0.717, 1.165) is 11.0 Å². The molecule has 1 aromatic rings. The number of amides is 1. The minimum absolute atomic E-state index is 0.0458. The maximum absolute atomic E-state index is 12.8. The van der Waals surface area contributed by atoms with Gasteiger partial charge in [0, 0.05) is 51.5 Å². The van der Waals surface area contributed by atoms with Crippen LogP contribution in [0.4, 0.5) is 14.5 Å². The van der Waals surface area contributed by atoms with Crippen molar-refractivity contribution < 1.29 is 18.3 Å². The lowest BCUT2D eigenvalue weighted by molar-refractivity contribution is -0.113. The Morgan fingerprint density at radius 3 is 2.52 bits per heavy atom. The van der Waals surface area contributed by atoms with Gasteiger partial charge in [0.05, 0.1) is 0 Å². The van der Waals surface area contributed by atoms with Crippen molar-refractivity contribution in [2.45, 2.75) is 45.7 Å². The second-order valence-corrected chi connectivity index (χ2v) is 9.69. The third-order valence-electron chi connectivity index (χ3n) is 5.39. The van der Waals surface area contributed by atoms with Gasteiger partial charge in [-0.3, -0.25) is 4.79 Å². The van der Waals surface area contributed by atoms with Crippen molar-refractivity contribution in [2.24, 2.45) is 11.3 Å². The average Bonchev–Trinajstić information content (AvgIpc) is 2.87. The fourth-order valence-corrected chi connectivity index (χ4v) is 4.83. The summed E-state index contributed by atoms with van der Waals surface area (Å²) in [7, 11) is 0. The average molecular weight is 490 g/mol. The molecule has 29 heavy (non-hydrogen) atoms. The Kier molecular flexibility index (Phi) is 6.03. The summed E-state index contributed by atoms with van der Waals surface area (Å²) < 4.78 is 30.6. The number of benzene rings is 1. The van der Waals surface area contributed by atoms with Crippen molar-refractivity contribution in [3.05, 3.63) is 46.1 Å². The molecule has 0 aromatic heterocycles. The molecule has 1 aromatic carbocycles. The normalized spacial score (nSPS) is 21.2. The van der Waals surface area contributed by atoms with Crippen molar-refractivity contribution in [3.63, 3.8) is 0 Å². The Morgan fingerprint density at radius 2 is 1.97 bits per heavy atom. The maximum Gasteiger partial charge on any atom is 0.487 e. The number of anilines is 1. The van der Waals surface area contributed by atoms with Crippen LogP contribution in [0, 0.1) is 11.3 Å². The first-order valence-corrected chi connectivity index (χ1v) is 10.6.